The Morgan fingerprint density at radius 3 is 2.32 bits per heavy atom. The number of nitrogens with zero attached hydrogens (tertiary/aromatic N) is 1. The lowest BCUT2D eigenvalue weighted by atomic mass is 10.0. The van der Waals surface area contributed by atoms with Crippen molar-refractivity contribution < 1.29 is 24.2 Å². The first-order valence-corrected chi connectivity index (χ1v) is 8.80. The van der Waals surface area contributed by atoms with Crippen LogP contribution in [0.25, 0.3) is 0 Å². The summed E-state index contributed by atoms with van der Waals surface area (Å²) in [4.78, 5) is 23.3. The largest absolute Gasteiger partial charge is 0.496 e. The van der Waals surface area contributed by atoms with Crippen molar-refractivity contribution in [3.05, 3.63) is 59.2 Å². The van der Waals surface area contributed by atoms with Gasteiger partial charge in [0.15, 0.2) is 0 Å². The van der Waals surface area contributed by atoms with Crippen LogP contribution in [0.2, 0.25) is 0 Å². The maximum atomic E-state index is 12.3. The van der Waals surface area contributed by atoms with Crippen LogP contribution in [0.4, 0.5) is 0 Å². The fourth-order valence-corrected chi connectivity index (χ4v) is 2.53. The van der Waals surface area contributed by atoms with Crippen molar-refractivity contribution in [2.75, 3.05) is 7.11 Å². The van der Waals surface area contributed by atoms with Gasteiger partial charge in [0.2, 0.25) is 0 Å². The molecule has 0 fully saturated rings. The van der Waals surface area contributed by atoms with E-state index < -0.39 is 5.97 Å². The molecule has 2 N–H and O–H groups in total. The number of ether oxygens (including phenoxy) is 2. The topological polar surface area (TPSA) is 97.2 Å². The quantitative estimate of drug-likeness (QED) is 0.538. The van der Waals surface area contributed by atoms with Crippen LogP contribution in [0.1, 0.15) is 42.3 Å². The number of carbonyl (C=O) groups is 2. The van der Waals surface area contributed by atoms with E-state index in [-0.39, 0.29) is 18.4 Å². The van der Waals surface area contributed by atoms with Crippen LogP contribution in [0.15, 0.2) is 47.6 Å². The maximum Gasteiger partial charge on any atom is 0.307 e. The molecule has 2 aromatic rings. The van der Waals surface area contributed by atoms with E-state index in [4.69, 9.17) is 14.6 Å². The molecular weight excluding hydrogens is 360 g/mol. The van der Waals surface area contributed by atoms with Crippen molar-refractivity contribution in [1.29, 1.82) is 0 Å². The molecule has 7 heteroatoms. The van der Waals surface area contributed by atoms with Crippen molar-refractivity contribution in [3.8, 4) is 11.5 Å². The number of carbonyl (C=O) groups excluding carboxylic acids is 1. The molecule has 1 amide bonds. The van der Waals surface area contributed by atoms with E-state index in [1.165, 1.54) is 7.11 Å². The third-order valence-electron chi connectivity index (χ3n) is 3.85. The van der Waals surface area contributed by atoms with Crippen molar-refractivity contribution >= 4 is 17.6 Å². The van der Waals surface area contributed by atoms with Gasteiger partial charge in [-0.3, -0.25) is 9.59 Å². The SMILES string of the molecule is COc1ccc(/C(C)=N\NC(=O)c2ccc(OC(C)C)cc2)cc1CC(=O)O. The molecule has 2 rings (SSSR count). The minimum atomic E-state index is -0.955. The summed E-state index contributed by atoms with van der Waals surface area (Å²) in [6.45, 7) is 5.59. The average molecular weight is 384 g/mol. The Bertz CT molecular complexity index is 873. The maximum absolute atomic E-state index is 12.3. The Balaban J connectivity index is 2.10. The molecule has 0 atom stereocenters. The number of rotatable bonds is 8. The number of amides is 1. The van der Waals surface area contributed by atoms with Crippen LogP contribution < -0.4 is 14.9 Å². The first-order chi connectivity index (χ1) is 13.3. The van der Waals surface area contributed by atoms with Gasteiger partial charge in [-0.25, -0.2) is 5.43 Å². The normalized spacial score (nSPS) is 11.2. The summed E-state index contributed by atoms with van der Waals surface area (Å²) in [5, 5.41) is 13.1. The Hall–Kier alpha value is -3.35. The van der Waals surface area contributed by atoms with Gasteiger partial charge in [0.25, 0.3) is 5.91 Å². The zero-order valence-corrected chi connectivity index (χ0v) is 16.4. The van der Waals surface area contributed by atoms with Crippen molar-refractivity contribution in [3.63, 3.8) is 0 Å². The predicted octanol–water partition coefficient (Wildman–Crippen LogP) is 3.26. The summed E-state index contributed by atoms with van der Waals surface area (Å²) in [6.07, 6.45) is -0.107. The van der Waals surface area contributed by atoms with E-state index in [1.807, 2.05) is 13.8 Å². The number of nitrogens with one attached hydrogen (secondary N) is 1. The first kappa shape index (κ1) is 21.0. The second-order valence-electron chi connectivity index (χ2n) is 6.43. The molecule has 148 valence electrons. The number of methoxy groups -OCH3 is 1. The second kappa shape index (κ2) is 9.55. The van der Waals surface area contributed by atoms with E-state index in [9.17, 15) is 9.59 Å². The van der Waals surface area contributed by atoms with Gasteiger partial charge in [0, 0.05) is 11.1 Å². The number of hydrogen-bond donors (Lipinski definition) is 2. The van der Waals surface area contributed by atoms with E-state index in [1.54, 1.807) is 49.4 Å². The zero-order chi connectivity index (χ0) is 20.7. The Labute approximate surface area is 164 Å². The highest BCUT2D eigenvalue weighted by Gasteiger charge is 2.11. The molecule has 0 aliphatic rings. The smallest absolute Gasteiger partial charge is 0.307 e. The van der Waals surface area contributed by atoms with Gasteiger partial charge in [0.1, 0.15) is 11.5 Å². The second-order valence-corrected chi connectivity index (χ2v) is 6.43. The molecule has 0 aromatic heterocycles. The molecule has 2 aromatic carbocycles. The monoisotopic (exact) mass is 384 g/mol. The molecule has 0 radical (unpaired) electrons. The summed E-state index contributed by atoms with van der Waals surface area (Å²) in [7, 11) is 1.49. The summed E-state index contributed by atoms with van der Waals surface area (Å²) in [6, 6.07) is 11.9. The molecule has 7 nitrogen and oxygen atoms in total. The average Bonchev–Trinajstić information content (AvgIpc) is 2.65. The van der Waals surface area contributed by atoms with E-state index in [0.717, 1.165) is 0 Å². The fourth-order valence-electron chi connectivity index (χ4n) is 2.53. The van der Waals surface area contributed by atoms with Gasteiger partial charge in [-0.1, -0.05) is 0 Å². The molecule has 0 aliphatic heterocycles. The number of hydrazone groups is 1. The number of aliphatic carboxylic acids is 1. The Morgan fingerprint density at radius 1 is 1.11 bits per heavy atom. The first-order valence-electron chi connectivity index (χ1n) is 8.80. The van der Waals surface area contributed by atoms with Crippen LogP contribution in [-0.4, -0.2) is 35.9 Å². The summed E-state index contributed by atoms with van der Waals surface area (Å²) in [5.41, 5.74) is 4.73. The molecule has 0 spiro atoms. The molecule has 0 heterocycles. The van der Waals surface area contributed by atoms with Gasteiger partial charge in [-0.15, -0.1) is 0 Å². The minimum absolute atomic E-state index is 0.0578. The lowest BCUT2D eigenvalue weighted by Crippen LogP contribution is -2.19. The van der Waals surface area contributed by atoms with Gasteiger partial charge >= 0.3 is 5.97 Å². The zero-order valence-electron chi connectivity index (χ0n) is 16.4. The standard InChI is InChI=1S/C21H24N2O5/c1-13(2)28-18-8-5-15(6-9-18)21(26)23-22-14(3)16-7-10-19(27-4)17(11-16)12-20(24)25/h5-11,13H,12H2,1-4H3,(H,23,26)(H,24,25)/b22-14-. The third-order valence-corrected chi connectivity index (χ3v) is 3.85. The van der Waals surface area contributed by atoms with Crippen LogP contribution in [0.3, 0.4) is 0 Å². The van der Waals surface area contributed by atoms with E-state index in [0.29, 0.717) is 33.9 Å². The summed E-state index contributed by atoms with van der Waals surface area (Å²) >= 11 is 0. The van der Waals surface area contributed by atoms with Crippen LogP contribution in [0, 0.1) is 0 Å². The van der Waals surface area contributed by atoms with Gasteiger partial charge in [-0.2, -0.15) is 5.10 Å². The van der Waals surface area contributed by atoms with Crippen LogP contribution >= 0.6 is 0 Å². The number of carboxylic acid groups (broad SMARTS) is 1. The van der Waals surface area contributed by atoms with Crippen molar-refractivity contribution in [2.45, 2.75) is 33.3 Å². The predicted molar refractivity (Wildman–Crippen MR) is 106 cm³/mol. The van der Waals surface area contributed by atoms with Crippen molar-refractivity contribution in [1.82, 2.24) is 5.43 Å². The van der Waals surface area contributed by atoms with Gasteiger partial charge in [-0.05, 0) is 68.8 Å². The molecule has 0 bridgehead atoms. The Kier molecular flexibility index (Phi) is 7.14. The van der Waals surface area contributed by atoms with Crippen LogP contribution in [0.5, 0.6) is 11.5 Å². The van der Waals surface area contributed by atoms with E-state index >= 15 is 0 Å². The third kappa shape index (κ3) is 5.84. The molecule has 0 aliphatic carbocycles. The fraction of sp³-hybridized carbons (Fsp3) is 0.286. The highest BCUT2D eigenvalue weighted by molar-refractivity contribution is 6.01. The number of carboxylic acids is 1. The molecule has 0 saturated carbocycles. The number of benzene rings is 2. The van der Waals surface area contributed by atoms with Crippen LogP contribution in [-0.2, 0) is 11.2 Å². The number of hydrogen-bond acceptors (Lipinski definition) is 5. The molecule has 28 heavy (non-hydrogen) atoms. The Morgan fingerprint density at radius 2 is 1.75 bits per heavy atom. The summed E-state index contributed by atoms with van der Waals surface area (Å²) in [5.74, 6) is -0.125. The van der Waals surface area contributed by atoms with E-state index in [2.05, 4.69) is 10.5 Å². The van der Waals surface area contributed by atoms with Crippen molar-refractivity contribution in [2.24, 2.45) is 5.10 Å². The van der Waals surface area contributed by atoms with Gasteiger partial charge in [0.05, 0.1) is 25.3 Å². The minimum Gasteiger partial charge on any atom is -0.496 e. The molecular formula is C21H24N2O5. The summed E-state index contributed by atoms with van der Waals surface area (Å²) < 4.78 is 10.7. The lowest BCUT2D eigenvalue weighted by molar-refractivity contribution is -0.136. The highest BCUT2D eigenvalue weighted by Crippen LogP contribution is 2.21. The molecule has 0 saturated heterocycles. The van der Waals surface area contributed by atoms with Gasteiger partial charge < -0.3 is 14.6 Å². The molecule has 0 unspecified atom stereocenters. The highest BCUT2D eigenvalue weighted by atomic mass is 16.5. The lowest BCUT2D eigenvalue weighted by Gasteiger charge is -2.10.